The monoisotopic (exact) mass is 277 g/mol. The van der Waals surface area contributed by atoms with Gasteiger partial charge in [0.25, 0.3) is 0 Å². The summed E-state index contributed by atoms with van der Waals surface area (Å²) >= 11 is 6.01. The van der Waals surface area contributed by atoms with Gasteiger partial charge in [-0.15, -0.1) is 0 Å². The third-order valence-corrected chi connectivity index (χ3v) is 3.34. The first-order chi connectivity index (χ1) is 9.11. The third kappa shape index (κ3) is 3.22. The van der Waals surface area contributed by atoms with E-state index in [0.717, 1.165) is 11.4 Å². The van der Waals surface area contributed by atoms with Gasteiger partial charge in [-0.25, -0.2) is 4.98 Å². The lowest BCUT2D eigenvalue weighted by Crippen LogP contribution is -2.23. The van der Waals surface area contributed by atoms with Crippen LogP contribution in [0.2, 0.25) is 5.02 Å². The van der Waals surface area contributed by atoms with Crippen LogP contribution in [0.15, 0.2) is 36.7 Å². The number of hydrogen-bond acceptors (Lipinski definition) is 4. The highest BCUT2D eigenvalue weighted by molar-refractivity contribution is 6.30. The molecule has 5 heteroatoms. The molecule has 2 aromatic rings. The van der Waals surface area contributed by atoms with Crippen molar-refractivity contribution in [2.24, 2.45) is 0 Å². The van der Waals surface area contributed by atoms with Crippen molar-refractivity contribution in [3.8, 4) is 0 Å². The molecule has 1 aromatic heterocycles. The second kappa shape index (κ2) is 5.99. The van der Waals surface area contributed by atoms with E-state index in [4.69, 9.17) is 16.7 Å². The first-order valence-electron chi connectivity index (χ1n) is 6.02. The summed E-state index contributed by atoms with van der Waals surface area (Å²) in [5, 5.41) is 9.81. The number of hydrogen-bond donors (Lipinski definition) is 1. The minimum atomic E-state index is -0.111. The van der Waals surface area contributed by atoms with Crippen molar-refractivity contribution in [3.63, 3.8) is 0 Å². The van der Waals surface area contributed by atoms with Gasteiger partial charge in [0.2, 0.25) is 0 Å². The number of aliphatic hydroxyl groups is 1. The highest BCUT2D eigenvalue weighted by Crippen LogP contribution is 2.25. The van der Waals surface area contributed by atoms with Crippen LogP contribution >= 0.6 is 11.6 Å². The third-order valence-electron chi connectivity index (χ3n) is 3.11. The molecule has 0 amide bonds. The minimum Gasteiger partial charge on any atom is -0.390 e. The summed E-state index contributed by atoms with van der Waals surface area (Å²) < 4.78 is 0. The second-order valence-corrected chi connectivity index (χ2v) is 4.81. The molecule has 0 spiro atoms. The van der Waals surface area contributed by atoms with Gasteiger partial charge in [0.1, 0.15) is 5.82 Å². The molecule has 4 nitrogen and oxygen atoms in total. The number of halogens is 1. The summed E-state index contributed by atoms with van der Waals surface area (Å²) in [6.07, 6.45) is 3.24. The standard InChI is InChI=1S/C14H16ClN3O/c1-10(11-4-3-5-12(15)6-11)18(2)14-8-16-7-13(9-19)17-14/h3-8,10,19H,9H2,1-2H3. The summed E-state index contributed by atoms with van der Waals surface area (Å²) in [5.41, 5.74) is 1.66. The van der Waals surface area contributed by atoms with Gasteiger partial charge >= 0.3 is 0 Å². The van der Waals surface area contributed by atoms with E-state index in [0.29, 0.717) is 10.7 Å². The van der Waals surface area contributed by atoms with Crippen LogP contribution in [0.4, 0.5) is 5.82 Å². The molecule has 0 saturated heterocycles. The number of anilines is 1. The van der Waals surface area contributed by atoms with E-state index in [1.807, 2.05) is 36.2 Å². The largest absolute Gasteiger partial charge is 0.390 e. The Labute approximate surface area is 117 Å². The fourth-order valence-corrected chi connectivity index (χ4v) is 2.03. The average Bonchev–Trinajstić information content (AvgIpc) is 2.45. The van der Waals surface area contributed by atoms with E-state index in [-0.39, 0.29) is 12.6 Å². The maximum absolute atomic E-state index is 9.10. The smallest absolute Gasteiger partial charge is 0.147 e. The Kier molecular flexibility index (Phi) is 4.35. The van der Waals surface area contributed by atoms with E-state index < -0.39 is 0 Å². The first kappa shape index (κ1) is 13.8. The van der Waals surface area contributed by atoms with Gasteiger partial charge in [-0.1, -0.05) is 23.7 Å². The van der Waals surface area contributed by atoms with Crippen molar-refractivity contribution in [3.05, 3.63) is 52.9 Å². The second-order valence-electron chi connectivity index (χ2n) is 4.37. The average molecular weight is 278 g/mol. The van der Waals surface area contributed by atoms with Crippen molar-refractivity contribution in [2.45, 2.75) is 19.6 Å². The molecule has 1 unspecified atom stereocenters. The Morgan fingerprint density at radius 1 is 1.37 bits per heavy atom. The Morgan fingerprint density at radius 2 is 2.16 bits per heavy atom. The first-order valence-corrected chi connectivity index (χ1v) is 6.39. The van der Waals surface area contributed by atoms with Crippen LogP contribution in [0, 0.1) is 0 Å². The lowest BCUT2D eigenvalue weighted by Gasteiger charge is -2.26. The van der Waals surface area contributed by atoms with Crippen LogP contribution in [-0.2, 0) is 6.61 Å². The molecule has 1 heterocycles. The van der Waals surface area contributed by atoms with E-state index >= 15 is 0 Å². The van der Waals surface area contributed by atoms with Crippen molar-refractivity contribution in [1.82, 2.24) is 9.97 Å². The fraction of sp³-hybridized carbons (Fsp3) is 0.286. The molecular formula is C14H16ClN3O. The molecule has 100 valence electrons. The van der Waals surface area contributed by atoms with Crippen LogP contribution in [0.25, 0.3) is 0 Å². The fourth-order valence-electron chi connectivity index (χ4n) is 1.83. The van der Waals surface area contributed by atoms with Crippen LogP contribution in [0.5, 0.6) is 0 Å². The van der Waals surface area contributed by atoms with Crippen LogP contribution in [0.1, 0.15) is 24.2 Å². The van der Waals surface area contributed by atoms with Gasteiger partial charge in [-0.3, -0.25) is 4.98 Å². The Bertz CT molecular complexity index is 562. The van der Waals surface area contributed by atoms with Gasteiger partial charge in [-0.05, 0) is 24.6 Å². The molecule has 0 saturated carbocycles. The zero-order valence-corrected chi connectivity index (χ0v) is 11.7. The van der Waals surface area contributed by atoms with Crippen molar-refractivity contribution >= 4 is 17.4 Å². The van der Waals surface area contributed by atoms with Gasteiger partial charge < -0.3 is 10.0 Å². The summed E-state index contributed by atoms with van der Waals surface area (Å²) in [7, 11) is 1.94. The minimum absolute atomic E-state index is 0.111. The predicted molar refractivity (Wildman–Crippen MR) is 76.2 cm³/mol. The SMILES string of the molecule is CC(c1cccc(Cl)c1)N(C)c1cncc(CO)n1. The van der Waals surface area contributed by atoms with Gasteiger partial charge in [0.05, 0.1) is 30.7 Å². The van der Waals surface area contributed by atoms with E-state index in [1.165, 1.54) is 0 Å². The Morgan fingerprint density at radius 3 is 2.84 bits per heavy atom. The summed E-state index contributed by atoms with van der Waals surface area (Å²) in [4.78, 5) is 10.4. The molecule has 1 aromatic carbocycles. The number of nitrogens with zero attached hydrogens (tertiary/aromatic N) is 3. The molecule has 19 heavy (non-hydrogen) atoms. The van der Waals surface area contributed by atoms with E-state index in [9.17, 15) is 0 Å². The number of rotatable bonds is 4. The Balaban J connectivity index is 2.25. The molecular weight excluding hydrogens is 262 g/mol. The molecule has 1 atom stereocenters. The molecule has 0 aliphatic heterocycles. The molecule has 1 N–H and O–H groups in total. The highest BCUT2D eigenvalue weighted by Gasteiger charge is 2.14. The highest BCUT2D eigenvalue weighted by atomic mass is 35.5. The van der Waals surface area contributed by atoms with Crippen molar-refractivity contribution in [2.75, 3.05) is 11.9 Å². The van der Waals surface area contributed by atoms with Gasteiger partial charge in [0.15, 0.2) is 0 Å². The summed E-state index contributed by atoms with van der Waals surface area (Å²) in [6, 6.07) is 7.85. The predicted octanol–water partition coefficient (Wildman–Crippen LogP) is 2.82. The van der Waals surface area contributed by atoms with Crippen LogP contribution in [-0.4, -0.2) is 22.1 Å². The van der Waals surface area contributed by atoms with Gasteiger partial charge in [0, 0.05) is 12.1 Å². The molecule has 2 rings (SSSR count). The Hall–Kier alpha value is -1.65. The lowest BCUT2D eigenvalue weighted by atomic mass is 10.1. The summed E-state index contributed by atoms with van der Waals surface area (Å²) in [5.74, 6) is 0.721. The normalized spacial score (nSPS) is 12.2. The van der Waals surface area contributed by atoms with Crippen molar-refractivity contribution < 1.29 is 5.11 Å². The number of aliphatic hydroxyl groups excluding tert-OH is 1. The van der Waals surface area contributed by atoms with Crippen molar-refractivity contribution in [1.29, 1.82) is 0 Å². The van der Waals surface area contributed by atoms with E-state index in [2.05, 4.69) is 16.9 Å². The maximum Gasteiger partial charge on any atom is 0.147 e. The molecule has 0 radical (unpaired) electrons. The molecule has 0 fully saturated rings. The summed E-state index contributed by atoms with van der Waals surface area (Å²) in [6.45, 7) is 1.96. The van der Waals surface area contributed by atoms with Crippen LogP contribution < -0.4 is 4.90 Å². The molecule has 0 bridgehead atoms. The zero-order valence-electron chi connectivity index (χ0n) is 10.9. The van der Waals surface area contributed by atoms with E-state index in [1.54, 1.807) is 12.4 Å². The topological polar surface area (TPSA) is 49.2 Å². The van der Waals surface area contributed by atoms with Crippen LogP contribution in [0.3, 0.4) is 0 Å². The van der Waals surface area contributed by atoms with Gasteiger partial charge in [-0.2, -0.15) is 0 Å². The molecule has 0 aliphatic carbocycles. The quantitative estimate of drug-likeness (QED) is 0.934. The zero-order chi connectivity index (χ0) is 13.8. The maximum atomic E-state index is 9.10. The number of aromatic nitrogens is 2. The lowest BCUT2D eigenvalue weighted by molar-refractivity contribution is 0.276. The molecule has 0 aliphatic rings. The number of benzene rings is 1.